The Kier molecular flexibility index (Phi) is 5.95. The number of nitrogens with zero attached hydrogens (tertiary/aromatic N) is 4. The number of morpholine rings is 1. The number of hydrogen-bond acceptors (Lipinski definition) is 7. The molecule has 1 aromatic carbocycles. The number of ketones is 1. The molecule has 2 aliphatic rings. The first-order chi connectivity index (χ1) is 16.1. The van der Waals surface area contributed by atoms with E-state index in [1.165, 1.54) is 0 Å². The lowest BCUT2D eigenvalue weighted by Gasteiger charge is -2.26. The standard InChI is InChI=1S/C24H27N5O4/c1-32-22-13-20-17(14-29(27-20)15-24(31)28-7-9-33-10-8-28)11-16(22)12-21(30)19-3-2-4-23(26-19)25-18-5-6-18/h2-4,11,13-14,18H,5-10,12,15H2,1H3,(H,25,26). The van der Waals surface area contributed by atoms with Crippen molar-refractivity contribution in [2.75, 3.05) is 38.7 Å². The van der Waals surface area contributed by atoms with Crippen molar-refractivity contribution in [2.24, 2.45) is 0 Å². The minimum atomic E-state index is -0.0815. The van der Waals surface area contributed by atoms with Crippen LogP contribution in [0, 0.1) is 0 Å². The molecular formula is C24H27N5O4. The molecule has 1 aliphatic heterocycles. The fraction of sp³-hybridized carbons (Fsp3) is 0.417. The van der Waals surface area contributed by atoms with Crippen LogP contribution in [0.15, 0.2) is 36.5 Å². The fourth-order valence-electron chi connectivity index (χ4n) is 3.98. The highest BCUT2D eigenvalue weighted by Gasteiger charge is 2.22. The van der Waals surface area contributed by atoms with E-state index >= 15 is 0 Å². The van der Waals surface area contributed by atoms with Gasteiger partial charge in [-0.25, -0.2) is 4.98 Å². The summed E-state index contributed by atoms with van der Waals surface area (Å²) in [5.41, 5.74) is 1.90. The second-order valence-corrected chi connectivity index (χ2v) is 8.47. The Hall–Kier alpha value is -3.46. The maximum atomic E-state index is 13.0. The molecule has 0 spiro atoms. The van der Waals surface area contributed by atoms with Gasteiger partial charge in [-0.2, -0.15) is 5.10 Å². The van der Waals surface area contributed by atoms with E-state index in [4.69, 9.17) is 9.47 Å². The van der Waals surface area contributed by atoms with E-state index in [-0.39, 0.29) is 24.7 Å². The van der Waals surface area contributed by atoms with Gasteiger partial charge in [-0.05, 0) is 31.0 Å². The number of aromatic nitrogens is 3. The first-order valence-corrected chi connectivity index (χ1v) is 11.3. The average Bonchev–Trinajstić information content (AvgIpc) is 3.56. The van der Waals surface area contributed by atoms with E-state index in [1.54, 1.807) is 22.8 Å². The average molecular weight is 450 g/mol. The second kappa shape index (κ2) is 9.19. The van der Waals surface area contributed by atoms with Crippen molar-refractivity contribution in [3.63, 3.8) is 0 Å². The zero-order valence-electron chi connectivity index (χ0n) is 18.6. The number of rotatable bonds is 8. The second-order valence-electron chi connectivity index (χ2n) is 8.47. The molecule has 3 aromatic rings. The summed E-state index contributed by atoms with van der Waals surface area (Å²) in [6, 6.07) is 9.65. The highest BCUT2D eigenvalue weighted by atomic mass is 16.5. The van der Waals surface area contributed by atoms with Crippen molar-refractivity contribution < 1.29 is 19.1 Å². The number of carbonyl (C=O) groups is 2. The maximum Gasteiger partial charge on any atom is 0.244 e. The Morgan fingerprint density at radius 3 is 2.79 bits per heavy atom. The summed E-state index contributed by atoms with van der Waals surface area (Å²) in [4.78, 5) is 31.8. The molecule has 1 saturated heterocycles. The van der Waals surface area contributed by atoms with Crippen molar-refractivity contribution in [1.82, 2.24) is 19.7 Å². The highest BCUT2D eigenvalue weighted by molar-refractivity contribution is 5.97. The SMILES string of the molecule is COc1cc2nn(CC(=O)N3CCOCC3)cc2cc1CC(=O)c1cccc(NC2CC2)n1. The maximum absolute atomic E-state index is 13.0. The number of pyridine rings is 1. The molecule has 9 nitrogen and oxygen atoms in total. The molecule has 172 valence electrons. The van der Waals surface area contributed by atoms with E-state index < -0.39 is 0 Å². The molecule has 1 saturated carbocycles. The number of amides is 1. The van der Waals surface area contributed by atoms with Gasteiger partial charge >= 0.3 is 0 Å². The van der Waals surface area contributed by atoms with Gasteiger partial charge in [0.25, 0.3) is 0 Å². The normalized spacial score (nSPS) is 16.1. The Morgan fingerprint density at radius 2 is 2.03 bits per heavy atom. The zero-order chi connectivity index (χ0) is 22.8. The van der Waals surface area contributed by atoms with Crippen molar-refractivity contribution in [1.29, 1.82) is 0 Å². The number of fused-ring (bicyclic) bond motifs is 1. The van der Waals surface area contributed by atoms with Gasteiger partial charge in [-0.15, -0.1) is 0 Å². The van der Waals surface area contributed by atoms with E-state index in [0.717, 1.165) is 29.6 Å². The smallest absolute Gasteiger partial charge is 0.244 e. The highest BCUT2D eigenvalue weighted by Crippen LogP contribution is 2.27. The monoisotopic (exact) mass is 449 g/mol. The molecule has 1 amide bonds. The molecule has 5 rings (SSSR count). The molecule has 1 N–H and O–H groups in total. The molecule has 2 fully saturated rings. The first-order valence-electron chi connectivity index (χ1n) is 11.3. The number of methoxy groups -OCH3 is 1. The fourth-order valence-corrected chi connectivity index (χ4v) is 3.98. The van der Waals surface area contributed by atoms with Crippen LogP contribution >= 0.6 is 0 Å². The van der Waals surface area contributed by atoms with E-state index in [1.807, 2.05) is 30.5 Å². The Morgan fingerprint density at radius 1 is 1.21 bits per heavy atom. The number of ether oxygens (including phenoxy) is 2. The Bertz CT molecular complexity index is 1180. The molecule has 33 heavy (non-hydrogen) atoms. The van der Waals surface area contributed by atoms with Crippen molar-refractivity contribution in [3.8, 4) is 5.75 Å². The number of hydrogen-bond donors (Lipinski definition) is 1. The Balaban J connectivity index is 1.33. The van der Waals surface area contributed by atoms with Crippen molar-refractivity contribution >= 4 is 28.4 Å². The summed E-state index contributed by atoms with van der Waals surface area (Å²) < 4.78 is 12.5. The topological polar surface area (TPSA) is 98.6 Å². The number of Topliss-reactive ketones (excluding diaryl/α,β-unsaturated/α-hetero) is 1. The van der Waals surface area contributed by atoms with Crippen LogP contribution in [-0.4, -0.2) is 70.8 Å². The molecule has 3 heterocycles. The molecule has 2 aromatic heterocycles. The van der Waals surface area contributed by atoms with Crippen LogP contribution in [0.5, 0.6) is 5.75 Å². The summed E-state index contributed by atoms with van der Waals surface area (Å²) in [5, 5.41) is 8.71. The predicted octanol–water partition coefficient (Wildman–Crippen LogP) is 2.30. The minimum absolute atomic E-state index is 0.0132. The summed E-state index contributed by atoms with van der Waals surface area (Å²) >= 11 is 0. The summed E-state index contributed by atoms with van der Waals surface area (Å²) in [6.45, 7) is 2.50. The van der Waals surface area contributed by atoms with Gasteiger partial charge in [0.15, 0.2) is 5.78 Å². The van der Waals surface area contributed by atoms with Gasteiger partial charge in [0, 0.05) is 48.8 Å². The van der Waals surface area contributed by atoms with Crippen molar-refractivity contribution in [3.05, 3.63) is 47.8 Å². The van der Waals surface area contributed by atoms with Crippen molar-refractivity contribution in [2.45, 2.75) is 31.8 Å². The van der Waals surface area contributed by atoms with Gasteiger partial charge in [-0.3, -0.25) is 14.3 Å². The van der Waals surface area contributed by atoms with Crippen LogP contribution in [-0.2, 0) is 22.5 Å². The molecule has 0 radical (unpaired) electrons. The van der Waals surface area contributed by atoms with Crippen LogP contribution in [0.4, 0.5) is 5.82 Å². The molecule has 0 atom stereocenters. The number of anilines is 1. The molecule has 9 heteroatoms. The van der Waals surface area contributed by atoms with E-state index in [9.17, 15) is 9.59 Å². The molecule has 0 unspecified atom stereocenters. The predicted molar refractivity (Wildman–Crippen MR) is 123 cm³/mol. The molecule has 1 aliphatic carbocycles. The van der Waals surface area contributed by atoms with Gasteiger partial charge in [0.2, 0.25) is 5.91 Å². The third-order valence-electron chi connectivity index (χ3n) is 5.93. The van der Waals surface area contributed by atoms with Gasteiger partial charge < -0.3 is 19.7 Å². The quantitative estimate of drug-likeness (QED) is 0.527. The Labute approximate surface area is 191 Å². The van der Waals surface area contributed by atoms with Gasteiger partial charge in [0.1, 0.15) is 23.8 Å². The number of nitrogens with one attached hydrogen (secondary N) is 1. The summed E-state index contributed by atoms with van der Waals surface area (Å²) in [5.74, 6) is 1.26. The van der Waals surface area contributed by atoms with Crippen LogP contribution in [0.25, 0.3) is 10.9 Å². The molecular weight excluding hydrogens is 422 g/mol. The van der Waals surface area contributed by atoms with Gasteiger partial charge in [-0.1, -0.05) is 6.07 Å². The van der Waals surface area contributed by atoms with E-state index in [2.05, 4.69) is 15.4 Å². The number of carbonyl (C=O) groups excluding carboxylic acids is 2. The number of benzene rings is 1. The van der Waals surface area contributed by atoms with Crippen LogP contribution in [0.1, 0.15) is 28.9 Å². The lowest BCUT2D eigenvalue weighted by atomic mass is 10.0. The van der Waals surface area contributed by atoms with Crippen LogP contribution in [0.2, 0.25) is 0 Å². The summed E-state index contributed by atoms with van der Waals surface area (Å²) in [7, 11) is 1.58. The summed E-state index contributed by atoms with van der Waals surface area (Å²) in [6.07, 6.45) is 4.28. The van der Waals surface area contributed by atoms with Crippen LogP contribution < -0.4 is 10.1 Å². The van der Waals surface area contributed by atoms with Gasteiger partial charge in [0.05, 0.1) is 25.8 Å². The lowest BCUT2D eigenvalue weighted by Crippen LogP contribution is -2.42. The largest absolute Gasteiger partial charge is 0.496 e. The third-order valence-corrected chi connectivity index (χ3v) is 5.93. The molecule has 0 bridgehead atoms. The van der Waals surface area contributed by atoms with E-state index in [0.29, 0.717) is 49.3 Å². The minimum Gasteiger partial charge on any atom is -0.496 e. The van der Waals surface area contributed by atoms with Crippen LogP contribution in [0.3, 0.4) is 0 Å². The third kappa shape index (κ3) is 4.98. The first kappa shape index (κ1) is 21.4. The zero-order valence-corrected chi connectivity index (χ0v) is 18.6. The lowest BCUT2D eigenvalue weighted by molar-refractivity contribution is -0.136.